The Labute approximate surface area is 165 Å². The Balaban J connectivity index is 1.53. The summed E-state index contributed by atoms with van der Waals surface area (Å²) in [7, 11) is 0. The van der Waals surface area contributed by atoms with Gasteiger partial charge in [0.2, 0.25) is 5.91 Å². The summed E-state index contributed by atoms with van der Waals surface area (Å²) in [6.45, 7) is 7.09. The van der Waals surface area contributed by atoms with E-state index in [4.69, 9.17) is 0 Å². The molecule has 3 rings (SSSR count). The van der Waals surface area contributed by atoms with Crippen molar-refractivity contribution in [3.63, 3.8) is 0 Å². The molecule has 0 bridgehead atoms. The van der Waals surface area contributed by atoms with Gasteiger partial charge >= 0.3 is 0 Å². The average molecular weight is 378 g/mol. The number of carbonyl (C=O) groups is 1. The molecule has 0 aliphatic heterocycles. The molecule has 1 amide bonds. The maximum atomic E-state index is 12.5. The molecule has 1 atom stereocenters. The standard InChI is InChI=1S/C21H26N6O/c1-4-18(17-8-6-5-7-9-17)21(28)23-11-10-22-19-12-20(25-13-24-19)27-14-26-15(2)16(27)3/h5-9,12-14,18H,4,10-11H2,1-3H3,(H,23,28)(H,22,24,25). The third-order valence-corrected chi connectivity index (χ3v) is 4.81. The highest BCUT2D eigenvalue weighted by Crippen LogP contribution is 2.19. The number of nitrogens with one attached hydrogen (secondary N) is 2. The van der Waals surface area contributed by atoms with Crippen LogP contribution in [0, 0.1) is 13.8 Å². The lowest BCUT2D eigenvalue weighted by Gasteiger charge is -2.15. The first-order valence-corrected chi connectivity index (χ1v) is 9.49. The van der Waals surface area contributed by atoms with Crippen molar-refractivity contribution in [1.29, 1.82) is 0 Å². The summed E-state index contributed by atoms with van der Waals surface area (Å²) in [6.07, 6.45) is 4.04. The number of benzene rings is 1. The second-order valence-corrected chi connectivity index (χ2v) is 6.64. The number of hydrogen-bond acceptors (Lipinski definition) is 5. The number of anilines is 1. The number of imidazole rings is 1. The van der Waals surface area contributed by atoms with Gasteiger partial charge in [-0.2, -0.15) is 0 Å². The lowest BCUT2D eigenvalue weighted by molar-refractivity contribution is -0.122. The maximum absolute atomic E-state index is 12.5. The normalized spacial score (nSPS) is 11.8. The Morgan fingerprint density at radius 1 is 1.11 bits per heavy atom. The zero-order chi connectivity index (χ0) is 19.9. The predicted molar refractivity (Wildman–Crippen MR) is 110 cm³/mol. The van der Waals surface area contributed by atoms with Gasteiger partial charge in [-0.15, -0.1) is 0 Å². The Morgan fingerprint density at radius 2 is 1.89 bits per heavy atom. The molecule has 1 aromatic carbocycles. The van der Waals surface area contributed by atoms with E-state index in [2.05, 4.69) is 25.6 Å². The second kappa shape index (κ2) is 9.12. The summed E-state index contributed by atoms with van der Waals surface area (Å²) in [4.78, 5) is 25.3. The average Bonchev–Trinajstić information content (AvgIpc) is 3.05. The van der Waals surface area contributed by atoms with E-state index < -0.39 is 0 Å². The Bertz CT molecular complexity index is 922. The van der Waals surface area contributed by atoms with Crippen molar-refractivity contribution in [1.82, 2.24) is 24.8 Å². The Kier molecular flexibility index (Phi) is 6.37. The molecule has 0 aliphatic rings. The minimum Gasteiger partial charge on any atom is -0.368 e. The van der Waals surface area contributed by atoms with E-state index in [-0.39, 0.29) is 11.8 Å². The largest absolute Gasteiger partial charge is 0.368 e. The Hall–Kier alpha value is -3.22. The minimum atomic E-state index is -0.126. The maximum Gasteiger partial charge on any atom is 0.227 e. The summed E-state index contributed by atoms with van der Waals surface area (Å²) in [6, 6.07) is 11.7. The molecular formula is C21H26N6O. The third-order valence-electron chi connectivity index (χ3n) is 4.81. The molecule has 0 spiro atoms. The van der Waals surface area contributed by atoms with Gasteiger partial charge in [0.25, 0.3) is 0 Å². The van der Waals surface area contributed by atoms with Gasteiger partial charge in [0.05, 0.1) is 11.6 Å². The van der Waals surface area contributed by atoms with Crippen molar-refractivity contribution in [2.24, 2.45) is 0 Å². The van der Waals surface area contributed by atoms with Gasteiger partial charge in [-0.05, 0) is 25.8 Å². The molecule has 7 nitrogen and oxygen atoms in total. The van der Waals surface area contributed by atoms with Crippen molar-refractivity contribution in [2.75, 3.05) is 18.4 Å². The fourth-order valence-electron chi connectivity index (χ4n) is 3.06. The van der Waals surface area contributed by atoms with Crippen LogP contribution in [0.4, 0.5) is 5.82 Å². The fourth-order valence-corrected chi connectivity index (χ4v) is 3.06. The van der Waals surface area contributed by atoms with Crippen molar-refractivity contribution in [2.45, 2.75) is 33.1 Å². The van der Waals surface area contributed by atoms with Crippen molar-refractivity contribution in [3.05, 3.63) is 66.0 Å². The van der Waals surface area contributed by atoms with Gasteiger partial charge in [0, 0.05) is 24.8 Å². The zero-order valence-corrected chi connectivity index (χ0v) is 16.5. The van der Waals surface area contributed by atoms with E-state index in [0.29, 0.717) is 18.9 Å². The molecule has 0 saturated carbocycles. The summed E-state index contributed by atoms with van der Waals surface area (Å²) in [5.41, 5.74) is 3.06. The van der Waals surface area contributed by atoms with E-state index in [1.54, 1.807) is 6.33 Å². The van der Waals surface area contributed by atoms with Crippen molar-refractivity contribution in [3.8, 4) is 5.82 Å². The smallest absolute Gasteiger partial charge is 0.227 e. The van der Waals surface area contributed by atoms with Gasteiger partial charge in [0.1, 0.15) is 24.3 Å². The van der Waals surface area contributed by atoms with Crippen LogP contribution in [0.2, 0.25) is 0 Å². The molecule has 2 aromatic heterocycles. The van der Waals surface area contributed by atoms with E-state index in [9.17, 15) is 4.79 Å². The molecule has 2 N–H and O–H groups in total. The van der Waals surface area contributed by atoms with Crippen LogP contribution >= 0.6 is 0 Å². The zero-order valence-electron chi connectivity index (χ0n) is 16.5. The lowest BCUT2D eigenvalue weighted by Crippen LogP contribution is -2.33. The first-order valence-electron chi connectivity index (χ1n) is 9.49. The molecule has 28 heavy (non-hydrogen) atoms. The van der Waals surface area contributed by atoms with Crippen LogP contribution in [-0.2, 0) is 4.79 Å². The molecule has 146 valence electrons. The van der Waals surface area contributed by atoms with Crippen molar-refractivity contribution < 1.29 is 4.79 Å². The molecular weight excluding hydrogens is 352 g/mol. The second-order valence-electron chi connectivity index (χ2n) is 6.64. The number of nitrogens with zero attached hydrogens (tertiary/aromatic N) is 4. The molecule has 0 saturated heterocycles. The van der Waals surface area contributed by atoms with Gasteiger partial charge in [0.15, 0.2) is 0 Å². The van der Waals surface area contributed by atoms with Crippen LogP contribution in [0.15, 0.2) is 49.1 Å². The third kappa shape index (κ3) is 4.54. The highest BCUT2D eigenvalue weighted by atomic mass is 16.1. The lowest BCUT2D eigenvalue weighted by atomic mass is 9.96. The first kappa shape index (κ1) is 19.5. The highest BCUT2D eigenvalue weighted by molar-refractivity contribution is 5.83. The fraction of sp³-hybridized carbons (Fsp3) is 0.333. The van der Waals surface area contributed by atoms with Crippen LogP contribution in [0.25, 0.3) is 5.82 Å². The number of aryl methyl sites for hydroxylation is 1. The number of amides is 1. The quantitative estimate of drug-likeness (QED) is 0.589. The summed E-state index contributed by atoms with van der Waals surface area (Å²) < 4.78 is 1.93. The topological polar surface area (TPSA) is 84.7 Å². The van der Waals surface area contributed by atoms with Crippen LogP contribution in [0.1, 0.15) is 36.2 Å². The van der Waals surface area contributed by atoms with Gasteiger partial charge in [-0.3, -0.25) is 9.36 Å². The van der Waals surface area contributed by atoms with Gasteiger partial charge < -0.3 is 10.6 Å². The molecule has 3 aromatic rings. The molecule has 7 heteroatoms. The SMILES string of the molecule is CCC(C(=O)NCCNc1cc(-n2cnc(C)c2C)ncn1)c1ccccc1. The van der Waals surface area contributed by atoms with Crippen molar-refractivity contribution >= 4 is 11.7 Å². The Morgan fingerprint density at radius 3 is 2.57 bits per heavy atom. The molecule has 0 fully saturated rings. The number of hydrogen-bond donors (Lipinski definition) is 2. The van der Waals surface area contributed by atoms with Crippen LogP contribution in [0.5, 0.6) is 0 Å². The monoisotopic (exact) mass is 378 g/mol. The molecule has 0 radical (unpaired) electrons. The summed E-state index contributed by atoms with van der Waals surface area (Å²) >= 11 is 0. The summed E-state index contributed by atoms with van der Waals surface area (Å²) in [5.74, 6) is 1.39. The van der Waals surface area contributed by atoms with Crippen LogP contribution in [-0.4, -0.2) is 38.5 Å². The van der Waals surface area contributed by atoms with Crippen LogP contribution in [0.3, 0.4) is 0 Å². The van der Waals surface area contributed by atoms with Crippen LogP contribution < -0.4 is 10.6 Å². The number of carbonyl (C=O) groups excluding carboxylic acids is 1. The molecule has 1 unspecified atom stereocenters. The van der Waals surface area contributed by atoms with E-state index >= 15 is 0 Å². The predicted octanol–water partition coefficient (Wildman–Crippen LogP) is 3.00. The number of aromatic nitrogens is 4. The van der Waals surface area contributed by atoms with E-state index in [1.807, 2.05) is 61.7 Å². The molecule has 0 aliphatic carbocycles. The minimum absolute atomic E-state index is 0.0448. The van der Waals surface area contributed by atoms with Gasteiger partial charge in [-0.1, -0.05) is 37.3 Å². The number of rotatable bonds is 8. The highest BCUT2D eigenvalue weighted by Gasteiger charge is 2.17. The first-order chi connectivity index (χ1) is 13.6. The van der Waals surface area contributed by atoms with E-state index in [1.165, 1.54) is 6.33 Å². The summed E-state index contributed by atoms with van der Waals surface area (Å²) in [5, 5.41) is 6.23. The van der Waals surface area contributed by atoms with E-state index in [0.717, 1.165) is 29.2 Å². The molecule has 2 heterocycles. The van der Waals surface area contributed by atoms with Gasteiger partial charge in [-0.25, -0.2) is 15.0 Å².